The van der Waals surface area contributed by atoms with Crippen LogP contribution >= 0.6 is 56.8 Å². The largest absolute Gasteiger partial charge is 0.487 e. The van der Waals surface area contributed by atoms with Gasteiger partial charge in [0.25, 0.3) is 5.91 Å². The molecule has 8 heteroatoms. The number of hydrogen-bond acceptors (Lipinski definition) is 3. The highest BCUT2D eigenvalue weighted by atomic mass is 127. The van der Waals surface area contributed by atoms with Crippen LogP contribution in [0.15, 0.2) is 72.4 Å². The van der Waals surface area contributed by atoms with E-state index in [0.717, 1.165) is 12.7 Å². The predicted octanol–water partition coefficient (Wildman–Crippen LogP) is 5.98. The Morgan fingerprint density at radius 1 is 1.00 bits per heavy atom. The van der Waals surface area contributed by atoms with E-state index < -0.39 is 11.9 Å². The van der Waals surface area contributed by atoms with Gasteiger partial charge in [-0.1, -0.05) is 41.9 Å². The van der Waals surface area contributed by atoms with E-state index in [-0.39, 0.29) is 5.70 Å². The van der Waals surface area contributed by atoms with Crippen LogP contribution in [0.1, 0.15) is 21.5 Å². The summed E-state index contributed by atoms with van der Waals surface area (Å²) in [4.78, 5) is 24.0. The quantitative estimate of drug-likeness (QED) is 0.242. The predicted molar refractivity (Wildman–Crippen MR) is 137 cm³/mol. The van der Waals surface area contributed by atoms with Crippen molar-refractivity contribution in [2.75, 3.05) is 0 Å². The fourth-order valence-corrected chi connectivity index (χ4v) is 5.03. The van der Waals surface area contributed by atoms with Crippen LogP contribution in [0, 0.1) is 7.14 Å². The van der Waals surface area contributed by atoms with E-state index in [1.54, 1.807) is 48.5 Å². The van der Waals surface area contributed by atoms with Gasteiger partial charge in [-0.25, -0.2) is 4.79 Å². The summed E-state index contributed by atoms with van der Waals surface area (Å²) in [5.41, 5.74) is 1.74. The summed E-state index contributed by atoms with van der Waals surface area (Å²) in [6, 6.07) is 19.5. The summed E-state index contributed by atoms with van der Waals surface area (Å²) >= 11 is 10.3. The summed E-state index contributed by atoms with van der Waals surface area (Å²) in [6.07, 6.45) is 1.42. The van der Waals surface area contributed by atoms with Crippen molar-refractivity contribution < 1.29 is 19.4 Å². The van der Waals surface area contributed by atoms with Crippen LogP contribution in [0.3, 0.4) is 0 Å². The third-order valence-corrected chi connectivity index (χ3v) is 5.96. The van der Waals surface area contributed by atoms with Gasteiger partial charge >= 0.3 is 5.97 Å². The van der Waals surface area contributed by atoms with Gasteiger partial charge in [-0.05, 0) is 98.8 Å². The van der Waals surface area contributed by atoms with Gasteiger partial charge in [0.2, 0.25) is 0 Å². The van der Waals surface area contributed by atoms with Crippen molar-refractivity contribution >= 4 is 74.7 Å². The Morgan fingerprint density at radius 3 is 2.29 bits per heavy atom. The number of carboxylic acids is 1. The molecule has 3 rings (SSSR count). The van der Waals surface area contributed by atoms with Crippen molar-refractivity contribution in [3.05, 3.63) is 101 Å². The smallest absolute Gasteiger partial charge is 0.352 e. The third kappa shape index (κ3) is 6.68. The molecule has 0 bridgehead atoms. The first-order valence-corrected chi connectivity index (χ1v) is 11.5. The summed E-state index contributed by atoms with van der Waals surface area (Å²) in [7, 11) is 0. The van der Waals surface area contributed by atoms with Crippen molar-refractivity contribution in [2.45, 2.75) is 6.61 Å². The van der Waals surface area contributed by atoms with E-state index in [0.29, 0.717) is 28.5 Å². The second-order valence-electron chi connectivity index (χ2n) is 6.42. The van der Waals surface area contributed by atoms with Crippen LogP contribution in [-0.2, 0) is 11.4 Å². The molecule has 31 heavy (non-hydrogen) atoms. The molecule has 0 fully saturated rings. The molecule has 0 spiro atoms. The molecule has 0 aromatic heterocycles. The maximum absolute atomic E-state index is 12.3. The van der Waals surface area contributed by atoms with Gasteiger partial charge in [0.15, 0.2) is 0 Å². The molecule has 5 nitrogen and oxygen atoms in total. The first-order chi connectivity index (χ1) is 14.8. The lowest BCUT2D eigenvalue weighted by Gasteiger charge is -2.12. The molecule has 2 N–H and O–H groups in total. The third-order valence-electron chi connectivity index (χ3n) is 4.12. The zero-order chi connectivity index (χ0) is 22.4. The van der Waals surface area contributed by atoms with Crippen LogP contribution in [0.4, 0.5) is 0 Å². The molecule has 0 saturated carbocycles. The number of nitrogens with one attached hydrogen (secondary N) is 1. The maximum Gasteiger partial charge on any atom is 0.352 e. The van der Waals surface area contributed by atoms with E-state index in [4.69, 9.17) is 16.3 Å². The lowest BCUT2D eigenvalue weighted by molar-refractivity contribution is -0.132. The number of benzene rings is 3. The van der Waals surface area contributed by atoms with Crippen LogP contribution in [0.25, 0.3) is 6.08 Å². The van der Waals surface area contributed by atoms with Crippen molar-refractivity contribution in [2.24, 2.45) is 0 Å². The zero-order valence-electron chi connectivity index (χ0n) is 15.9. The Kier molecular flexibility index (Phi) is 8.33. The molecule has 158 valence electrons. The van der Waals surface area contributed by atoms with Crippen LogP contribution in [-0.4, -0.2) is 17.0 Å². The Morgan fingerprint density at radius 2 is 1.68 bits per heavy atom. The summed E-state index contributed by atoms with van der Waals surface area (Å²) in [5, 5.41) is 12.6. The van der Waals surface area contributed by atoms with Gasteiger partial charge in [-0.15, -0.1) is 0 Å². The zero-order valence-corrected chi connectivity index (χ0v) is 21.0. The highest BCUT2D eigenvalue weighted by Crippen LogP contribution is 2.30. The van der Waals surface area contributed by atoms with E-state index in [1.807, 2.05) is 18.2 Å². The number of carbonyl (C=O) groups excluding carboxylic acids is 1. The summed E-state index contributed by atoms with van der Waals surface area (Å²) in [6.45, 7) is 0.356. The molecule has 0 heterocycles. The molecule has 1 amide bonds. The number of rotatable bonds is 7. The van der Waals surface area contributed by atoms with Gasteiger partial charge in [0.05, 0.1) is 7.14 Å². The van der Waals surface area contributed by atoms with Crippen molar-refractivity contribution in [1.29, 1.82) is 0 Å². The minimum Gasteiger partial charge on any atom is -0.487 e. The lowest BCUT2D eigenvalue weighted by Crippen LogP contribution is -2.27. The standard InChI is InChI=1S/C23H16ClI2NO4/c24-17-8-4-5-14(9-17)13-31-21-18(25)10-15(11-19(21)26)12-20(23(29)30)27-22(28)16-6-2-1-3-7-16/h1-12H,13H2,(H,27,28)(H,29,30). The normalized spacial score (nSPS) is 11.1. The number of amides is 1. The maximum atomic E-state index is 12.3. The Hall–Kier alpha value is -2.11. The van der Waals surface area contributed by atoms with Crippen LogP contribution in [0.5, 0.6) is 5.75 Å². The van der Waals surface area contributed by atoms with Gasteiger partial charge in [-0.2, -0.15) is 0 Å². The Labute approximate surface area is 211 Å². The fourth-order valence-electron chi connectivity index (χ4n) is 2.68. The van der Waals surface area contributed by atoms with Gasteiger partial charge in [0.1, 0.15) is 18.1 Å². The first kappa shape index (κ1) is 23.6. The molecule has 3 aromatic carbocycles. The molecule has 0 radical (unpaired) electrons. The van der Waals surface area contributed by atoms with Crippen LogP contribution < -0.4 is 10.1 Å². The molecule has 3 aromatic rings. The first-order valence-electron chi connectivity index (χ1n) is 9.01. The number of carbonyl (C=O) groups is 2. The molecule has 0 aliphatic heterocycles. The summed E-state index contributed by atoms with van der Waals surface area (Å²) < 4.78 is 7.59. The highest BCUT2D eigenvalue weighted by Gasteiger charge is 2.15. The number of carboxylic acid groups (broad SMARTS) is 1. The number of ether oxygens (including phenoxy) is 1. The van der Waals surface area contributed by atoms with E-state index in [2.05, 4.69) is 50.5 Å². The molecule has 0 unspecified atom stereocenters. The average molecular weight is 660 g/mol. The molecule has 0 aliphatic carbocycles. The van der Waals surface area contributed by atoms with E-state index in [9.17, 15) is 14.7 Å². The molecule has 0 aliphatic rings. The topological polar surface area (TPSA) is 75.6 Å². The number of aliphatic carboxylic acids is 1. The van der Waals surface area contributed by atoms with Gasteiger partial charge in [0, 0.05) is 10.6 Å². The van der Waals surface area contributed by atoms with Crippen molar-refractivity contribution in [3.8, 4) is 5.75 Å². The van der Waals surface area contributed by atoms with Crippen molar-refractivity contribution in [1.82, 2.24) is 5.32 Å². The minimum absolute atomic E-state index is 0.215. The average Bonchev–Trinajstić information content (AvgIpc) is 2.73. The van der Waals surface area contributed by atoms with Crippen LogP contribution in [0.2, 0.25) is 5.02 Å². The fraction of sp³-hybridized carbons (Fsp3) is 0.0435. The van der Waals surface area contributed by atoms with Crippen molar-refractivity contribution in [3.63, 3.8) is 0 Å². The molecular weight excluding hydrogens is 644 g/mol. The SMILES string of the molecule is O=C(O)C(=Cc1cc(I)c(OCc2cccc(Cl)c2)c(I)c1)NC(=O)c1ccccc1. The Balaban J connectivity index is 1.80. The highest BCUT2D eigenvalue weighted by molar-refractivity contribution is 14.1. The minimum atomic E-state index is -1.23. The molecule has 0 saturated heterocycles. The van der Waals surface area contributed by atoms with E-state index in [1.165, 1.54) is 6.08 Å². The second kappa shape index (κ2) is 11.0. The van der Waals surface area contributed by atoms with Gasteiger partial charge < -0.3 is 15.2 Å². The van der Waals surface area contributed by atoms with Gasteiger partial charge in [-0.3, -0.25) is 4.79 Å². The number of hydrogen-bond donors (Lipinski definition) is 2. The van der Waals surface area contributed by atoms with E-state index >= 15 is 0 Å². The monoisotopic (exact) mass is 659 g/mol. The molecular formula is C23H16ClI2NO4. The lowest BCUT2D eigenvalue weighted by atomic mass is 10.1. The summed E-state index contributed by atoms with van der Waals surface area (Å²) in [5.74, 6) is -1.01. The molecule has 0 atom stereocenters. The second-order valence-corrected chi connectivity index (χ2v) is 9.18. The Bertz CT molecular complexity index is 1130. The number of halogens is 3.